The zero-order valence-electron chi connectivity index (χ0n) is 11.1. The van der Waals surface area contributed by atoms with Gasteiger partial charge >= 0.3 is 11.4 Å². The minimum atomic E-state index is -0.859. The van der Waals surface area contributed by atoms with Gasteiger partial charge in [0.25, 0.3) is 5.69 Å². The maximum Gasteiger partial charge on any atom is 0.423 e. The predicted octanol–water partition coefficient (Wildman–Crippen LogP) is 1.31. The lowest BCUT2D eigenvalue weighted by Gasteiger charge is -2.07. The van der Waals surface area contributed by atoms with E-state index in [0.717, 1.165) is 4.57 Å². The van der Waals surface area contributed by atoms with Gasteiger partial charge < -0.3 is 4.42 Å². The molecule has 0 saturated carbocycles. The van der Waals surface area contributed by atoms with Crippen molar-refractivity contribution in [3.63, 3.8) is 0 Å². The normalized spacial score (nSPS) is 10.7. The second-order valence-corrected chi connectivity index (χ2v) is 4.54. The van der Waals surface area contributed by atoms with Crippen molar-refractivity contribution < 1.29 is 9.34 Å². The van der Waals surface area contributed by atoms with E-state index in [9.17, 15) is 19.7 Å². The Morgan fingerprint density at radius 3 is 2.82 bits per heavy atom. The van der Waals surface area contributed by atoms with Gasteiger partial charge in [-0.2, -0.15) is 0 Å². The molecular formula is C14H9N3O5. The molecule has 110 valence electrons. The second kappa shape index (κ2) is 5.24. The van der Waals surface area contributed by atoms with Crippen LogP contribution >= 0.6 is 0 Å². The van der Waals surface area contributed by atoms with E-state index >= 15 is 0 Å². The minimum absolute atomic E-state index is 0.0117. The first-order chi connectivity index (χ1) is 10.6. The van der Waals surface area contributed by atoms with Crippen molar-refractivity contribution in [1.82, 2.24) is 9.55 Å². The number of rotatable bonds is 3. The summed E-state index contributed by atoms with van der Waals surface area (Å²) in [4.78, 5) is 37.8. The third-order valence-corrected chi connectivity index (χ3v) is 3.12. The molecule has 2 heterocycles. The fourth-order valence-corrected chi connectivity index (χ4v) is 2.14. The lowest BCUT2D eigenvalue weighted by Crippen LogP contribution is -2.26. The molecule has 0 saturated heterocycles. The van der Waals surface area contributed by atoms with Gasteiger partial charge in [-0.1, -0.05) is 12.1 Å². The number of benzene rings is 1. The molecule has 0 radical (unpaired) electrons. The second-order valence-electron chi connectivity index (χ2n) is 4.54. The molecule has 8 nitrogen and oxygen atoms in total. The molecule has 8 heteroatoms. The van der Waals surface area contributed by atoms with Crippen LogP contribution in [0.4, 0.5) is 5.69 Å². The van der Waals surface area contributed by atoms with Crippen molar-refractivity contribution in [2.45, 2.75) is 6.54 Å². The summed E-state index contributed by atoms with van der Waals surface area (Å²) in [5.74, 6) is -0.859. The molecule has 0 aliphatic carbocycles. The average Bonchev–Trinajstić information content (AvgIpc) is 2.52. The summed E-state index contributed by atoms with van der Waals surface area (Å²) < 4.78 is 5.81. The number of hydrogen-bond donors (Lipinski definition) is 0. The number of hydrogen-bond acceptors (Lipinski definition) is 6. The minimum Gasteiger partial charge on any atom is -0.372 e. The number of pyridine rings is 1. The topological polar surface area (TPSA) is 108 Å². The Morgan fingerprint density at radius 1 is 1.23 bits per heavy atom. The molecule has 3 rings (SSSR count). The first-order valence-corrected chi connectivity index (χ1v) is 6.28. The molecule has 0 spiro atoms. The largest absolute Gasteiger partial charge is 0.423 e. The van der Waals surface area contributed by atoms with Gasteiger partial charge in [0.2, 0.25) is 0 Å². The molecule has 22 heavy (non-hydrogen) atoms. The molecule has 0 bridgehead atoms. The Morgan fingerprint density at radius 2 is 2.05 bits per heavy atom. The number of aromatic nitrogens is 2. The van der Waals surface area contributed by atoms with E-state index in [4.69, 9.17) is 0 Å². The van der Waals surface area contributed by atoms with Crippen molar-refractivity contribution in [3.05, 3.63) is 79.2 Å². The number of nitrogens with zero attached hydrogens (tertiary/aromatic N) is 3. The maximum absolute atomic E-state index is 11.9. The van der Waals surface area contributed by atoms with E-state index in [1.165, 1.54) is 30.5 Å². The summed E-state index contributed by atoms with van der Waals surface area (Å²) in [5.41, 5.74) is -0.143. The Bertz CT molecular complexity index is 989. The number of nitro benzene ring substituents is 1. The highest BCUT2D eigenvalue weighted by Gasteiger charge is 2.12. The molecule has 0 amide bonds. The van der Waals surface area contributed by atoms with Crippen LogP contribution in [-0.2, 0) is 6.54 Å². The van der Waals surface area contributed by atoms with E-state index in [1.54, 1.807) is 12.1 Å². The monoisotopic (exact) mass is 299 g/mol. The van der Waals surface area contributed by atoms with Crippen LogP contribution in [0.2, 0.25) is 0 Å². The van der Waals surface area contributed by atoms with Crippen LogP contribution in [0.1, 0.15) is 5.56 Å². The fraction of sp³-hybridized carbons (Fsp3) is 0.0714. The molecule has 0 aliphatic heterocycles. The van der Waals surface area contributed by atoms with E-state index < -0.39 is 16.3 Å². The van der Waals surface area contributed by atoms with Crippen LogP contribution in [0.5, 0.6) is 0 Å². The number of fused-ring (bicyclic) bond motifs is 1. The van der Waals surface area contributed by atoms with E-state index in [2.05, 4.69) is 9.40 Å². The van der Waals surface area contributed by atoms with Gasteiger partial charge in [0, 0.05) is 18.3 Å². The summed E-state index contributed by atoms with van der Waals surface area (Å²) >= 11 is 0. The highest BCUT2D eigenvalue weighted by atomic mass is 16.6. The van der Waals surface area contributed by atoms with Crippen LogP contribution in [0.15, 0.2) is 56.6 Å². The smallest absolute Gasteiger partial charge is 0.372 e. The van der Waals surface area contributed by atoms with Gasteiger partial charge in [-0.15, -0.1) is 0 Å². The molecule has 0 unspecified atom stereocenters. The Labute approximate surface area is 122 Å². The summed E-state index contributed by atoms with van der Waals surface area (Å²) in [5, 5.41) is 11.0. The summed E-state index contributed by atoms with van der Waals surface area (Å²) in [7, 11) is 0. The van der Waals surface area contributed by atoms with Crippen LogP contribution in [0, 0.1) is 10.1 Å². The van der Waals surface area contributed by atoms with E-state index in [1.807, 2.05) is 0 Å². The Hall–Kier alpha value is -3.29. The molecule has 0 N–H and O–H groups in total. The Balaban J connectivity index is 2.16. The molecular weight excluding hydrogens is 290 g/mol. The lowest BCUT2D eigenvalue weighted by molar-refractivity contribution is -0.384. The van der Waals surface area contributed by atoms with Crippen molar-refractivity contribution >= 4 is 16.7 Å². The standard InChI is InChI=1S/C14H9N3O5/c18-13-11-5-2-6-15-12(11)16(14(19)22-13)8-9-3-1-4-10(7-9)17(20)21/h1-7H,8H2. The van der Waals surface area contributed by atoms with Crippen LogP contribution < -0.4 is 11.4 Å². The van der Waals surface area contributed by atoms with E-state index in [0.29, 0.717) is 5.56 Å². The number of nitro groups is 1. The third-order valence-electron chi connectivity index (χ3n) is 3.12. The highest BCUT2D eigenvalue weighted by Crippen LogP contribution is 2.14. The van der Waals surface area contributed by atoms with Gasteiger partial charge in [-0.3, -0.25) is 14.7 Å². The van der Waals surface area contributed by atoms with Gasteiger partial charge in [-0.05, 0) is 17.7 Å². The first-order valence-electron chi connectivity index (χ1n) is 6.28. The van der Waals surface area contributed by atoms with Crippen molar-refractivity contribution in [2.24, 2.45) is 0 Å². The van der Waals surface area contributed by atoms with Crippen LogP contribution in [0.3, 0.4) is 0 Å². The molecule has 1 aromatic carbocycles. The van der Waals surface area contributed by atoms with Crippen LogP contribution in [0.25, 0.3) is 11.0 Å². The molecule has 0 atom stereocenters. The van der Waals surface area contributed by atoms with E-state index in [-0.39, 0.29) is 23.3 Å². The molecule has 0 fully saturated rings. The zero-order valence-corrected chi connectivity index (χ0v) is 11.1. The zero-order chi connectivity index (χ0) is 15.7. The quantitative estimate of drug-likeness (QED) is 0.533. The van der Waals surface area contributed by atoms with Gasteiger partial charge in [0.1, 0.15) is 5.39 Å². The summed E-state index contributed by atoms with van der Waals surface area (Å²) in [6, 6.07) is 8.92. The van der Waals surface area contributed by atoms with Gasteiger partial charge in [0.05, 0.1) is 11.5 Å². The summed E-state index contributed by atoms with van der Waals surface area (Å²) in [6.45, 7) is 0.0117. The van der Waals surface area contributed by atoms with Gasteiger partial charge in [-0.25, -0.2) is 14.6 Å². The molecule has 2 aromatic heterocycles. The van der Waals surface area contributed by atoms with Crippen molar-refractivity contribution in [1.29, 1.82) is 0 Å². The summed E-state index contributed by atoms with van der Waals surface area (Å²) in [6.07, 6.45) is 1.45. The molecule has 3 aromatic rings. The third kappa shape index (κ3) is 2.37. The number of non-ortho nitro benzene ring substituents is 1. The van der Waals surface area contributed by atoms with Crippen molar-refractivity contribution in [2.75, 3.05) is 0 Å². The lowest BCUT2D eigenvalue weighted by atomic mass is 10.2. The molecule has 0 aliphatic rings. The maximum atomic E-state index is 11.9. The SMILES string of the molecule is O=c1oc(=O)n(Cc2cccc([N+](=O)[O-])c2)c2ncccc12. The van der Waals surface area contributed by atoms with Gasteiger partial charge in [0.15, 0.2) is 5.65 Å². The fourth-order valence-electron chi connectivity index (χ4n) is 2.14. The Kier molecular flexibility index (Phi) is 3.26. The highest BCUT2D eigenvalue weighted by molar-refractivity contribution is 5.72. The first kappa shape index (κ1) is 13.7. The predicted molar refractivity (Wildman–Crippen MR) is 76.7 cm³/mol. The average molecular weight is 299 g/mol. The van der Waals surface area contributed by atoms with Crippen LogP contribution in [-0.4, -0.2) is 14.5 Å². The van der Waals surface area contributed by atoms with Crippen molar-refractivity contribution in [3.8, 4) is 0 Å².